The number of rotatable bonds is 6. The van der Waals surface area contributed by atoms with E-state index in [-0.39, 0.29) is 5.78 Å². The molecule has 1 rings (SSSR count). The number of carbonyl (C=O) groups excluding carboxylic acids is 1. The van der Waals surface area contributed by atoms with Crippen molar-refractivity contribution in [1.29, 1.82) is 5.26 Å². The van der Waals surface area contributed by atoms with E-state index >= 15 is 0 Å². The summed E-state index contributed by atoms with van der Waals surface area (Å²) in [6, 6.07) is 7.16. The Hall–Kier alpha value is -2.02. The van der Waals surface area contributed by atoms with Crippen molar-refractivity contribution in [2.24, 2.45) is 0 Å². The highest BCUT2D eigenvalue weighted by Crippen LogP contribution is 2.31. The minimum Gasteiger partial charge on any atom is -0.493 e. The maximum atomic E-state index is 11.8. The van der Waals surface area contributed by atoms with E-state index in [9.17, 15) is 4.79 Å². The Morgan fingerprint density at radius 2 is 2.00 bits per heavy atom. The molecule has 18 heavy (non-hydrogen) atoms. The molecule has 1 atom stereocenters. The van der Waals surface area contributed by atoms with Crippen LogP contribution in [0.3, 0.4) is 0 Å². The first-order valence-electron chi connectivity index (χ1n) is 5.82. The number of nitrogens with zero attached hydrogens (tertiary/aromatic N) is 1. The second kappa shape index (κ2) is 6.65. The maximum absolute atomic E-state index is 11.8. The third-order valence-electron chi connectivity index (χ3n) is 2.69. The lowest BCUT2D eigenvalue weighted by atomic mass is 9.93. The number of hydrogen-bond donors (Lipinski definition) is 0. The van der Waals surface area contributed by atoms with Crippen LogP contribution in [0.4, 0.5) is 0 Å². The smallest absolute Gasteiger partial charge is 0.161 e. The molecule has 0 N–H and O–H groups in total. The molecule has 0 aliphatic rings. The molecule has 0 aliphatic carbocycles. The van der Waals surface area contributed by atoms with Crippen LogP contribution in [-0.4, -0.2) is 20.0 Å². The fraction of sp³-hybridized carbons (Fsp3) is 0.429. The molecule has 0 amide bonds. The summed E-state index contributed by atoms with van der Waals surface area (Å²) < 4.78 is 10.3. The molecule has 0 bridgehead atoms. The molecule has 0 fully saturated rings. The van der Waals surface area contributed by atoms with E-state index < -0.39 is 5.92 Å². The number of methoxy groups -OCH3 is 2. The predicted molar refractivity (Wildman–Crippen MR) is 67.8 cm³/mol. The second-order valence-electron chi connectivity index (χ2n) is 3.89. The molecular weight excluding hydrogens is 230 g/mol. The second-order valence-corrected chi connectivity index (χ2v) is 3.89. The third kappa shape index (κ3) is 3.01. The third-order valence-corrected chi connectivity index (χ3v) is 2.69. The lowest BCUT2D eigenvalue weighted by Gasteiger charge is -2.12. The van der Waals surface area contributed by atoms with E-state index in [2.05, 4.69) is 0 Å². The van der Waals surface area contributed by atoms with Gasteiger partial charge in [0.25, 0.3) is 0 Å². The van der Waals surface area contributed by atoms with Crippen LogP contribution >= 0.6 is 0 Å². The van der Waals surface area contributed by atoms with Gasteiger partial charge in [-0.1, -0.05) is 13.0 Å². The number of benzene rings is 1. The summed E-state index contributed by atoms with van der Waals surface area (Å²) in [6.07, 6.45) is 1.15. The number of ketones is 1. The quantitative estimate of drug-likeness (QED) is 0.775. The largest absolute Gasteiger partial charge is 0.493 e. The molecule has 0 aromatic heterocycles. The highest BCUT2D eigenvalue weighted by atomic mass is 16.5. The molecule has 1 aromatic carbocycles. The lowest BCUT2D eigenvalue weighted by molar-refractivity contribution is -0.119. The molecule has 0 heterocycles. The molecule has 0 saturated heterocycles. The van der Waals surface area contributed by atoms with Gasteiger partial charge >= 0.3 is 0 Å². The van der Waals surface area contributed by atoms with Crippen molar-refractivity contribution < 1.29 is 14.3 Å². The van der Waals surface area contributed by atoms with Gasteiger partial charge in [-0.05, 0) is 24.1 Å². The van der Waals surface area contributed by atoms with Gasteiger partial charge in [0.05, 0.1) is 20.3 Å². The van der Waals surface area contributed by atoms with E-state index in [1.807, 2.05) is 13.0 Å². The average Bonchev–Trinajstić information content (AvgIpc) is 2.39. The fourth-order valence-corrected chi connectivity index (χ4v) is 1.76. The minimum atomic E-state index is -0.732. The van der Waals surface area contributed by atoms with Crippen LogP contribution in [0.25, 0.3) is 0 Å². The Morgan fingerprint density at radius 1 is 1.33 bits per heavy atom. The summed E-state index contributed by atoms with van der Waals surface area (Å²) in [5.74, 6) is 0.317. The van der Waals surface area contributed by atoms with E-state index in [0.29, 0.717) is 23.5 Å². The summed E-state index contributed by atoms with van der Waals surface area (Å²) in [5, 5.41) is 9.12. The zero-order valence-corrected chi connectivity index (χ0v) is 10.9. The summed E-state index contributed by atoms with van der Waals surface area (Å²) in [5.41, 5.74) is 0.647. The first-order valence-corrected chi connectivity index (χ1v) is 5.82. The summed E-state index contributed by atoms with van der Waals surface area (Å²) in [6.45, 7) is 1.92. The zero-order valence-electron chi connectivity index (χ0n) is 10.9. The monoisotopic (exact) mass is 247 g/mol. The number of hydrogen-bond acceptors (Lipinski definition) is 4. The van der Waals surface area contributed by atoms with Gasteiger partial charge in [0.2, 0.25) is 0 Å². The van der Waals surface area contributed by atoms with Gasteiger partial charge in [-0.25, -0.2) is 0 Å². The van der Waals surface area contributed by atoms with Crippen molar-refractivity contribution in [1.82, 2.24) is 0 Å². The van der Waals surface area contributed by atoms with Crippen LogP contribution < -0.4 is 9.47 Å². The molecule has 4 nitrogen and oxygen atoms in total. The Kier molecular flexibility index (Phi) is 5.19. The Bertz CT molecular complexity index is 463. The normalized spacial score (nSPS) is 11.4. The Balaban J connectivity index is 3.08. The molecule has 0 aliphatic heterocycles. The first-order chi connectivity index (χ1) is 8.67. The van der Waals surface area contributed by atoms with Gasteiger partial charge in [0, 0.05) is 6.42 Å². The SMILES string of the molecule is CCCC(=O)C(C#N)c1ccc(OC)c(OC)c1. The van der Waals surface area contributed by atoms with Crippen LogP contribution in [-0.2, 0) is 4.79 Å². The molecule has 4 heteroatoms. The zero-order chi connectivity index (χ0) is 13.5. The van der Waals surface area contributed by atoms with Gasteiger partial charge in [0.1, 0.15) is 5.92 Å². The molecule has 1 aromatic rings. The van der Waals surface area contributed by atoms with E-state index in [4.69, 9.17) is 14.7 Å². The molecule has 0 spiro atoms. The topological polar surface area (TPSA) is 59.3 Å². The average molecular weight is 247 g/mol. The summed E-state index contributed by atoms with van der Waals surface area (Å²) in [7, 11) is 3.07. The minimum absolute atomic E-state index is 0.0628. The lowest BCUT2D eigenvalue weighted by Crippen LogP contribution is -2.10. The molecular formula is C14H17NO3. The molecule has 0 radical (unpaired) electrons. The van der Waals surface area contributed by atoms with E-state index in [1.165, 1.54) is 7.11 Å². The summed E-state index contributed by atoms with van der Waals surface area (Å²) in [4.78, 5) is 11.8. The highest BCUT2D eigenvalue weighted by Gasteiger charge is 2.20. The number of ether oxygens (including phenoxy) is 2. The van der Waals surface area contributed by atoms with Crippen molar-refractivity contribution in [2.75, 3.05) is 14.2 Å². The Labute approximate surface area is 107 Å². The fourth-order valence-electron chi connectivity index (χ4n) is 1.76. The van der Waals surface area contributed by atoms with E-state index in [1.54, 1.807) is 25.3 Å². The van der Waals surface area contributed by atoms with Gasteiger partial charge in [-0.15, -0.1) is 0 Å². The van der Waals surface area contributed by atoms with Gasteiger partial charge < -0.3 is 9.47 Å². The number of Topliss-reactive ketones (excluding diaryl/α,β-unsaturated/α-hetero) is 1. The summed E-state index contributed by atoms with van der Waals surface area (Å²) >= 11 is 0. The van der Waals surface area contributed by atoms with Crippen molar-refractivity contribution in [3.8, 4) is 17.6 Å². The van der Waals surface area contributed by atoms with Crippen LogP contribution in [0.5, 0.6) is 11.5 Å². The van der Waals surface area contributed by atoms with Crippen molar-refractivity contribution >= 4 is 5.78 Å². The van der Waals surface area contributed by atoms with Crippen molar-refractivity contribution in [3.63, 3.8) is 0 Å². The van der Waals surface area contributed by atoms with Crippen LogP contribution in [0, 0.1) is 11.3 Å². The number of nitriles is 1. The Morgan fingerprint density at radius 3 is 2.50 bits per heavy atom. The van der Waals surface area contributed by atoms with Gasteiger partial charge in [0.15, 0.2) is 17.3 Å². The highest BCUT2D eigenvalue weighted by molar-refractivity contribution is 5.88. The van der Waals surface area contributed by atoms with Crippen molar-refractivity contribution in [2.45, 2.75) is 25.7 Å². The predicted octanol–water partition coefficient (Wildman–Crippen LogP) is 2.68. The standard InChI is InChI=1S/C14H17NO3/c1-4-5-12(16)11(9-15)10-6-7-13(17-2)14(8-10)18-3/h6-8,11H,4-5H2,1-3H3. The first kappa shape index (κ1) is 14.0. The van der Waals surface area contributed by atoms with Crippen LogP contribution in [0.2, 0.25) is 0 Å². The van der Waals surface area contributed by atoms with Gasteiger partial charge in [-0.3, -0.25) is 4.79 Å². The van der Waals surface area contributed by atoms with Crippen molar-refractivity contribution in [3.05, 3.63) is 23.8 Å². The maximum Gasteiger partial charge on any atom is 0.161 e. The molecule has 96 valence electrons. The number of carbonyl (C=O) groups is 1. The van der Waals surface area contributed by atoms with Crippen LogP contribution in [0.1, 0.15) is 31.2 Å². The molecule has 1 unspecified atom stereocenters. The molecule has 0 saturated carbocycles. The van der Waals surface area contributed by atoms with E-state index in [0.717, 1.165) is 6.42 Å². The van der Waals surface area contributed by atoms with Crippen LogP contribution in [0.15, 0.2) is 18.2 Å². The van der Waals surface area contributed by atoms with Gasteiger partial charge in [-0.2, -0.15) is 5.26 Å².